The van der Waals surface area contributed by atoms with Gasteiger partial charge in [0.25, 0.3) is 0 Å². The molecular weight excluding hydrogens is 256 g/mol. The van der Waals surface area contributed by atoms with E-state index in [0.29, 0.717) is 29.0 Å². The van der Waals surface area contributed by atoms with Crippen LogP contribution in [-0.4, -0.2) is 19.4 Å². The molecule has 1 aromatic heterocycles. The van der Waals surface area contributed by atoms with Gasteiger partial charge in [-0.15, -0.1) is 0 Å². The highest BCUT2D eigenvalue weighted by Crippen LogP contribution is 2.34. The van der Waals surface area contributed by atoms with E-state index in [1.54, 1.807) is 14.2 Å². The van der Waals surface area contributed by atoms with Crippen molar-refractivity contribution in [1.82, 2.24) is 5.16 Å². The highest BCUT2D eigenvalue weighted by Gasteiger charge is 2.18. The largest absolute Gasteiger partial charge is 0.497 e. The number of nitrogen functional groups attached to an aromatic ring is 1. The Labute approximate surface area is 118 Å². The summed E-state index contributed by atoms with van der Waals surface area (Å²) in [5, 5.41) is 3.88. The summed E-state index contributed by atoms with van der Waals surface area (Å²) >= 11 is 0. The van der Waals surface area contributed by atoms with Crippen LogP contribution in [-0.2, 0) is 6.42 Å². The third kappa shape index (κ3) is 2.87. The lowest BCUT2D eigenvalue weighted by atomic mass is 9.99. The molecule has 0 unspecified atom stereocenters. The summed E-state index contributed by atoms with van der Waals surface area (Å²) in [6.07, 6.45) is 0.810. The summed E-state index contributed by atoms with van der Waals surface area (Å²) in [5.41, 5.74) is 7.68. The molecule has 5 heteroatoms. The fourth-order valence-electron chi connectivity index (χ4n) is 2.09. The zero-order chi connectivity index (χ0) is 14.7. The smallest absolute Gasteiger partial charge is 0.172 e. The number of ether oxygens (including phenoxy) is 2. The number of benzene rings is 1. The van der Waals surface area contributed by atoms with Crippen molar-refractivity contribution >= 4 is 5.82 Å². The van der Waals surface area contributed by atoms with Gasteiger partial charge in [0.15, 0.2) is 11.6 Å². The second-order valence-electron chi connectivity index (χ2n) is 5.07. The molecule has 0 fully saturated rings. The van der Waals surface area contributed by atoms with Gasteiger partial charge in [0.1, 0.15) is 11.5 Å². The van der Waals surface area contributed by atoms with E-state index in [-0.39, 0.29) is 0 Å². The number of hydrogen-bond donors (Lipinski definition) is 1. The number of aromatic nitrogens is 1. The monoisotopic (exact) mass is 276 g/mol. The predicted octanol–water partition coefficient (Wildman–Crippen LogP) is 3.14. The van der Waals surface area contributed by atoms with E-state index in [0.717, 1.165) is 17.5 Å². The van der Waals surface area contributed by atoms with Crippen LogP contribution in [0.1, 0.15) is 19.4 Å². The molecule has 1 heterocycles. The van der Waals surface area contributed by atoms with Crippen LogP contribution in [0.3, 0.4) is 0 Å². The first-order valence-electron chi connectivity index (χ1n) is 6.52. The Morgan fingerprint density at radius 1 is 1.15 bits per heavy atom. The minimum absolute atomic E-state index is 0.440. The maximum Gasteiger partial charge on any atom is 0.172 e. The molecule has 0 bridgehead atoms. The van der Waals surface area contributed by atoms with Crippen LogP contribution < -0.4 is 15.2 Å². The third-order valence-electron chi connectivity index (χ3n) is 3.04. The zero-order valence-electron chi connectivity index (χ0n) is 12.3. The molecule has 0 atom stereocenters. The van der Waals surface area contributed by atoms with Gasteiger partial charge in [-0.05, 0) is 24.5 Å². The van der Waals surface area contributed by atoms with Crippen molar-refractivity contribution in [3.63, 3.8) is 0 Å². The van der Waals surface area contributed by atoms with Crippen molar-refractivity contribution in [2.75, 3.05) is 20.0 Å². The molecule has 1 aromatic carbocycles. The molecule has 0 aliphatic heterocycles. The number of nitrogens with zero attached hydrogens (tertiary/aromatic N) is 1. The normalized spacial score (nSPS) is 10.8. The second-order valence-corrected chi connectivity index (χ2v) is 5.07. The van der Waals surface area contributed by atoms with Gasteiger partial charge in [0.05, 0.1) is 14.2 Å². The first-order valence-corrected chi connectivity index (χ1v) is 6.52. The Morgan fingerprint density at radius 3 is 2.25 bits per heavy atom. The molecular formula is C15H20N2O3. The van der Waals surface area contributed by atoms with Gasteiger partial charge in [-0.25, -0.2) is 0 Å². The summed E-state index contributed by atoms with van der Waals surface area (Å²) in [6.45, 7) is 4.25. The maximum absolute atomic E-state index is 5.90. The first kappa shape index (κ1) is 14.2. The Balaban J connectivity index is 2.50. The first-order chi connectivity index (χ1) is 9.55. The van der Waals surface area contributed by atoms with Gasteiger partial charge in [0.2, 0.25) is 0 Å². The molecule has 2 rings (SSSR count). The Hall–Kier alpha value is -2.17. The molecule has 2 aromatic rings. The minimum Gasteiger partial charge on any atom is -0.497 e. The number of anilines is 1. The lowest BCUT2D eigenvalue weighted by molar-refractivity contribution is 0.393. The van der Waals surface area contributed by atoms with Gasteiger partial charge >= 0.3 is 0 Å². The molecule has 0 saturated carbocycles. The highest BCUT2D eigenvalue weighted by atomic mass is 16.5. The summed E-state index contributed by atoms with van der Waals surface area (Å²) in [6, 6.07) is 5.57. The molecule has 2 N–H and O–H groups in total. The summed E-state index contributed by atoms with van der Waals surface area (Å²) < 4.78 is 15.9. The zero-order valence-corrected chi connectivity index (χ0v) is 12.3. The van der Waals surface area contributed by atoms with Crippen LogP contribution in [0.15, 0.2) is 22.7 Å². The van der Waals surface area contributed by atoms with Crippen LogP contribution >= 0.6 is 0 Å². The fourth-order valence-corrected chi connectivity index (χ4v) is 2.09. The molecule has 0 saturated heterocycles. The van der Waals surface area contributed by atoms with Gasteiger partial charge in [-0.1, -0.05) is 19.0 Å². The van der Waals surface area contributed by atoms with Crippen molar-refractivity contribution in [2.45, 2.75) is 20.3 Å². The van der Waals surface area contributed by atoms with E-state index < -0.39 is 0 Å². The molecule has 0 amide bonds. The van der Waals surface area contributed by atoms with E-state index in [1.807, 2.05) is 18.2 Å². The lowest BCUT2D eigenvalue weighted by Crippen LogP contribution is -1.99. The van der Waals surface area contributed by atoms with Crippen LogP contribution in [0.4, 0.5) is 5.82 Å². The van der Waals surface area contributed by atoms with Crippen molar-refractivity contribution in [3.8, 4) is 22.8 Å². The fraction of sp³-hybridized carbons (Fsp3) is 0.400. The van der Waals surface area contributed by atoms with E-state index in [9.17, 15) is 0 Å². The predicted molar refractivity (Wildman–Crippen MR) is 78.0 cm³/mol. The Kier molecular flexibility index (Phi) is 4.17. The Morgan fingerprint density at radius 2 is 1.75 bits per heavy atom. The minimum atomic E-state index is 0.440. The lowest BCUT2D eigenvalue weighted by Gasteiger charge is -2.09. The second kappa shape index (κ2) is 5.86. The third-order valence-corrected chi connectivity index (χ3v) is 3.04. The van der Waals surface area contributed by atoms with Gasteiger partial charge < -0.3 is 19.7 Å². The topological polar surface area (TPSA) is 70.5 Å². The number of methoxy groups -OCH3 is 2. The average molecular weight is 276 g/mol. The number of hydrogen-bond acceptors (Lipinski definition) is 5. The molecule has 108 valence electrons. The van der Waals surface area contributed by atoms with E-state index in [1.165, 1.54) is 0 Å². The van der Waals surface area contributed by atoms with Crippen molar-refractivity contribution in [3.05, 3.63) is 23.8 Å². The maximum atomic E-state index is 5.90. The summed E-state index contributed by atoms with van der Waals surface area (Å²) in [7, 11) is 3.23. The van der Waals surface area contributed by atoms with E-state index >= 15 is 0 Å². The molecule has 0 spiro atoms. The standard InChI is InChI=1S/C15H20N2O3/c1-9(2)5-13-14(20-17-15(13)16)10-6-11(18-3)8-12(7-10)19-4/h6-9H,5H2,1-4H3,(H2,16,17). The van der Waals surface area contributed by atoms with E-state index in [2.05, 4.69) is 19.0 Å². The molecule has 0 radical (unpaired) electrons. The van der Waals surface area contributed by atoms with Gasteiger partial charge in [0, 0.05) is 17.2 Å². The van der Waals surface area contributed by atoms with Crippen LogP contribution in [0.5, 0.6) is 11.5 Å². The molecule has 20 heavy (non-hydrogen) atoms. The van der Waals surface area contributed by atoms with Crippen molar-refractivity contribution in [1.29, 1.82) is 0 Å². The van der Waals surface area contributed by atoms with Crippen molar-refractivity contribution < 1.29 is 14.0 Å². The van der Waals surface area contributed by atoms with Gasteiger partial charge in [-0.2, -0.15) is 0 Å². The van der Waals surface area contributed by atoms with Crippen LogP contribution in [0.2, 0.25) is 0 Å². The number of nitrogens with two attached hydrogens (primary N) is 1. The summed E-state index contributed by atoms with van der Waals surface area (Å²) in [4.78, 5) is 0. The Bertz CT molecular complexity index is 569. The van der Waals surface area contributed by atoms with Crippen molar-refractivity contribution in [2.24, 2.45) is 5.92 Å². The molecule has 0 aliphatic rings. The average Bonchev–Trinajstić information content (AvgIpc) is 2.79. The highest BCUT2D eigenvalue weighted by molar-refractivity contribution is 5.69. The summed E-state index contributed by atoms with van der Waals surface area (Å²) in [5.74, 6) is 2.97. The van der Waals surface area contributed by atoms with Gasteiger partial charge in [-0.3, -0.25) is 0 Å². The molecule has 0 aliphatic carbocycles. The quantitative estimate of drug-likeness (QED) is 0.908. The number of rotatable bonds is 5. The van der Waals surface area contributed by atoms with Crippen LogP contribution in [0.25, 0.3) is 11.3 Å². The SMILES string of the molecule is COc1cc(OC)cc(-c2onc(N)c2CC(C)C)c1. The van der Waals surface area contributed by atoms with E-state index in [4.69, 9.17) is 19.7 Å². The van der Waals surface area contributed by atoms with Crippen LogP contribution in [0, 0.1) is 5.92 Å². The molecule has 5 nitrogen and oxygen atoms in total.